The summed E-state index contributed by atoms with van der Waals surface area (Å²) in [5.74, 6) is -3.49. The summed E-state index contributed by atoms with van der Waals surface area (Å²) >= 11 is 0. The number of aliphatic hydroxyl groups is 14. The van der Waals surface area contributed by atoms with E-state index in [4.69, 9.17) is 37.9 Å². The topological polar surface area (TPSA) is 449 Å². The summed E-state index contributed by atoms with van der Waals surface area (Å²) in [7, 11) is 0. The number of hydrogen-bond acceptors (Lipinski definition) is 26. The number of allylic oxidation sites excluding steroid dienone is 2. The molecule has 0 aromatic heterocycles. The molecule has 562 valence electrons. The zero-order valence-corrected chi connectivity index (χ0v) is 58.8. The van der Waals surface area contributed by atoms with Crippen LogP contribution < -0.4 is 10.6 Å². The summed E-state index contributed by atoms with van der Waals surface area (Å²) in [6.45, 7) is 19.7. The average molecular weight is 1400 g/mol. The predicted molar refractivity (Wildman–Crippen MR) is 344 cm³/mol. The van der Waals surface area contributed by atoms with E-state index in [1.165, 1.54) is 6.92 Å². The predicted octanol–water partition coefficient (Wildman–Crippen LogP) is -0.236. The number of amides is 2. The van der Waals surface area contributed by atoms with Crippen molar-refractivity contribution in [3.63, 3.8) is 0 Å². The Hall–Kier alpha value is -3.02. The number of esters is 1. The number of fused-ring (bicyclic) bond motifs is 7. The molecule has 0 spiro atoms. The molecule has 0 bridgehead atoms. The lowest BCUT2D eigenvalue weighted by Crippen LogP contribution is -2.69. The van der Waals surface area contributed by atoms with Gasteiger partial charge in [-0.3, -0.25) is 14.4 Å². The van der Waals surface area contributed by atoms with Crippen molar-refractivity contribution in [1.29, 1.82) is 0 Å². The number of aldehydes is 1. The van der Waals surface area contributed by atoms with Gasteiger partial charge in [0.15, 0.2) is 25.0 Å². The van der Waals surface area contributed by atoms with Crippen molar-refractivity contribution in [1.82, 2.24) is 10.6 Å². The molecule has 9 aliphatic rings. The third kappa shape index (κ3) is 14.9. The van der Waals surface area contributed by atoms with Gasteiger partial charge in [-0.15, -0.1) is 0 Å². The van der Waals surface area contributed by atoms with E-state index in [1.807, 2.05) is 34.6 Å². The van der Waals surface area contributed by atoms with Crippen LogP contribution in [0, 0.1) is 62.1 Å². The monoisotopic (exact) mass is 1400 g/mol. The molecule has 8 fully saturated rings. The molecule has 4 aliphatic heterocycles. The van der Waals surface area contributed by atoms with Gasteiger partial charge in [0.05, 0.1) is 80.7 Å². The van der Waals surface area contributed by atoms with E-state index in [0.29, 0.717) is 57.8 Å². The Labute approximate surface area is 574 Å². The van der Waals surface area contributed by atoms with Crippen LogP contribution in [0.5, 0.6) is 0 Å². The molecule has 34 atom stereocenters. The Balaban J connectivity index is 0.942. The van der Waals surface area contributed by atoms with Gasteiger partial charge in [-0.25, -0.2) is 0 Å². The summed E-state index contributed by atoms with van der Waals surface area (Å²) in [4.78, 5) is 56.7. The van der Waals surface area contributed by atoms with Crippen molar-refractivity contribution in [2.24, 2.45) is 62.1 Å². The maximum Gasteiger partial charge on any atom is 0.317 e. The van der Waals surface area contributed by atoms with Crippen molar-refractivity contribution in [3.8, 4) is 0 Å². The van der Waals surface area contributed by atoms with Crippen LogP contribution in [-0.4, -0.2) is 262 Å². The van der Waals surface area contributed by atoms with Gasteiger partial charge in [-0.05, 0) is 122 Å². The van der Waals surface area contributed by atoms with E-state index in [0.717, 1.165) is 11.9 Å². The van der Waals surface area contributed by atoms with Crippen LogP contribution >= 0.6 is 0 Å². The first-order valence-corrected chi connectivity index (χ1v) is 35.8. The summed E-state index contributed by atoms with van der Waals surface area (Å²) in [5, 5.41) is 162. The molecule has 98 heavy (non-hydrogen) atoms. The van der Waals surface area contributed by atoms with Crippen LogP contribution in [0.25, 0.3) is 0 Å². The van der Waals surface area contributed by atoms with E-state index in [9.17, 15) is 85.9 Å². The van der Waals surface area contributed by atoms with E-state index in [1.54, 1.807) is 0 Å². The quantitative estimate of drug-likeness (QED) is 0.0319. The number of ether oxygens (including phenoxy) is 8. The molecule has 9 rings (SSSR count). The maximum absolute atomic E-state index is 15.9. The number of aliphatic hydroxyl groups excluding tert-OH is 14. The van der Waals surface area contributed by atoms with Crippen LogP contribution in [0.3, 0.4) is 0 Å². The van der Waals surface area contributed by atoms with Gasteiger partial charge in [0.1, 0.15) is 78.8 Å². The molecule has 28 nitrogen and oxygen atoms in total. The van der Waals surface area contributed by atoms with Crippen LogP contribution in [0.4, 0.5) is 0 Å². The molecule has 28 heteroatoms. The fourth-order valence-corrected chi connectivity index (χ4v) is 19.0. The highest BCUT2D eigenvalue weighted by Crippen LogP contribution is 2.76. The lowest BCUT2D eigenvalue weighted by Gasteiger charge is -2.71. The van der Waals surface area contributed by atoms with E-state index < -0.39 is 225 Å². The fraction of sp³-hybridized carbons (Fsp3) is 0.914. The van der Waals surface area contributed by atoms with Crippen molar-refractivity contribution in [3.05, 3.63) is 11.6 Å². The second-order valence-corrected chi connectivity index (χ2v) is 32.4. The fourth-order valence-electron chi connectivity index (χ4n) is 19.0. The van der Waals surface area contributed by atoms with Crippen molar-refractivity contribution in [2.75, 3.05) is 19.8 Å². The zero-order chi connectivity index (χ0) is 72.3. The standard InChI is InChI=1S/C70H116N2O26/c1-12-32(3)39(71-48(81)25-36(77)23-41(33(4)13-2)93-62-56(88)52(84)43(29-74)95-62)22-35(76)24-49(82)72-50-42(28-73)94-63(59(53(50)85)97-61-57(89)54(86)58(34(5)92-61)96-60-55(87)51(83)40(78)30-91-60)98-64(90)70-21-20-65(6,7)26-38(70)37-14-15-45-66(8)18-17-46(79)67(9,31-75)44(66)16-19-68(45,10)69(37,11)27-47(70)80/h14,31-36,38-47,50-63,73-74,76-80,83-89H,12-13,15-30H2,1-11H3,(H,71,81)(H,72,82)/t32-,33-,34?,35-,36-,38?,39-,40+,41-,42?,43-,44+,45?,46-,47?,50-,51?,52?,53?,54?,55?,56?,57?,58-,59?,60-,61-,62+,63-,66?,67+,68?,69+,70+/m0/s1. The SMILES string of the molecule is CC[C@H](C)[C@H](C[C@H](O)CC(=O)N[C@H]1C(CO)O[C@@H](OC(=O)[C@]23CCC(C)(C)CC2C2=CCC4C5(C)CC[C@H](O)[C@](C)(C=O)[C@@H]5CCC4(C)[C@]2(C)CC3O)C(O[C@@H]2OC(C)[C@H](O[C@@H]3OC[C@@H](O)C(O)C3O)C(O)C2O)C1O)NC(=O)C[C@@H](O)C[C@H](O[C@@H]1O[C@@H](CO)C(O)C1O)[C@@H](C)CC. The Kier molecular flexibility index (Phi) is 25.0. The first-order chi connectivity index (χ1) is 45.9. The van der Waals surface area contributed by atoms with Gasteiger partial charge >= 0.3 is 5.97 Å². The Morgan fingerprint density at radius 1 is 0.663 bits per heavy atom. The third-order valence-electron chi connectivity index (χ3n) is 25.9. The zero-order valence-electron chi connectivity index (χ0n) is 58.8. The second kappa shape index (κ2) is 31.0. The molecule has 4 heterocycles. The van der Waals surface area contributed by atoms with E-state index >= 15 is 4.79 Å². The number of rotatable bonds is 25. The van der Waals surface area contributed by atoms with Crippen LogP contribution in [0.15, 0.2) is 11.6 Å². The molecule has 2 amide bonds. The molecule has 5 aliphatic carbocycles. The lowest BCUT2D eigenvalue weighted by atomic mass is 9.33. The van der Waals surface area contributed by atoms with Gasteiger partial charge < -0.3 is 125 Å². The summed E-state index contributed by atoms with van der Waals surface area (Å²) in [6.07, 6.45) is -26.0. The molecule has 4 saturated heterocycles. The van der Waals surface area contributed by atoms with E-state index in [-0.39, 0.29) is 60.2 Å². The van der Waals surface area contributed by atoms with Gasteiger partial charge in [-0.2, -0.15) is 0 Å². The minimum atomic E-state index is -2.05. The molecule has 15 unspecified atom stereocenters. The first-order valence-electron chi connectivity index (χ1n) is 35.8. The number of nitrogens with one attached hydrogen (secondary N) is 2. The molecule has 0 radical (unpaired) electrons. The highest BCUT2D eigenvalue weighted by molar-refractivity contribution is 5.80. The summed E-state index contributed by atoms with van der Waals surface area (Å²) in [6, 6.07) is -2.37. The van der Waals surface area contributed by atoms with Gasteiger partial charge in [0, 0.05) is 12.5 Å². The minimum absolute atomic E-state index is 0.0495. The number of carbonyl (C=O) groups is 4. The molecule has 0 aromatic rings. The van der Waals surface area contributed by atoms with Crippen LogP contribution in [0.2, 0.25) is 0 Å². The summed E-state index contributed by atoms with van der Waals surface area (Å²) < 4.78 is 48.1. The van der Waals surface area contributed by atoms with Crippen molar-refractivity contribution in [2.45, 2.75) is 320 Å². The number of hydrogen-bond donors (Lipinski definition) is 16. The van der Waals surface area contributed by atoms with Crippen LogP contribution in [0.1, 0.15) is 172 Å². The molecular formula is C70H116N2O26. The molecule has 16 N–H and O–H groups in total. The smallest absolute Gasteiger partial charge is 0.317 e. The maximum atomic E-state index is 15.9. The second-order valence-electron chi connectivity index (χ2n) is 32.4. The van der Waals surface area contributed by atoms with Crippen molar-refractivity contribution < 1.29 is 129 Å². The Morgan fingerprint density at radius 2 is 1.29 bits per heavy atom. The van der Waals surface area contributed by atoms with E-state index in [2.05, 4.69) is 51.3 Å². The van der Waals surface area contributed by atoms with Gasteiger partial charge in [-0.1, -0.05) is 93.7 Å². The lowest BCUT2D eigenvalue weighted by molar-refractivity contribution is -0.370. The van der Waals surface area contributed by atoms with Gasteiger partial charge in [0.2, 0.25) is 18.1 Å². The highest BCUT2D eigenvalue weighted by atomic mass is 16.8. The Bertz CT molecular complexity index is 2770. The average Bonchev–Trinajstić information content (AvgIpc) is 0.746. The molecule has 0 aromatic carbocycles. The highest BCUT2D eigenvalue weighted by Gasteiger charge is 2.72. The largest absolute Gasteiger partial charge is 0.432 e. The van der Waals surface area contributed by atoms with Crippen molar-refractivity contribution >= 4 is 24.1 Å². The minimum Gasteiger partial charge on any atom is -0.432 e. The normalized spacial score (nSPS) is 46.5. The first kappa shape index (κ1) is 79.1. The molecule has 4 saturated carbocycles. The molecular weight excluding hydrogens is 1280 g/mol. The van der Waals surface area contributed by atoms with Gasteiger partial charge in [0.25, 0.3) is 0 Å². The van der Waals surface area contributed by atoms with Crippen LogP contribution in [-0.2, 0) is 57.1 Å². The number of carbonyl (C=O) groups excluding carboxylic acids is 4. The Morgan fingerprint density at radius 3 is 1.93 bits per heavy atom. The summed E-state index contributed by atoms with van der Waals surface area (Å²) in [5.41, 5.74) is -3.33. The third-order valence-corrected chi connectivity index (χ3v) is 25.9.